The van der Waals surface area contributed by atoms with Gasteiger partial charge >= 0.3 is 5.97 Å². The van der Waals surface area contributed by atoms with Crippen LogP contribution in [0.4, 0.5) is 0 Å². The molecule has 0 spiro atoms. The van der Waals surface area contributed by atoms with Crippen LogP contribution in [0.3, 0.4) is 0 Å². The fourth-order valence-electron chi connectivity index (χ4n) is 2.69. The number of hydrogen-bond donors (Lipinski definition) is 1. The van der Waals surface area contributed by atoms with Gasteiger partial charge in [-0.05, 0) is 25.1 Å². The molecule has 7 nitrogen and oxygen atoms in total. The predicted octanol–water partition coefficient (Wildman–Crippen LogP) is 1.19. The highest BCUT2D eigenvalue weighted by Crippen LogP contribution is 2.19. The van der Waals surface area contributed by atoms with Gasteiger partial charge in [0, 0.05) is 18.9 Å². The van der Waals surface area contributed by atoms with E-state index in [2.05, 4.69) is 5.10 Å². The second-order valence-electron chi connectivity index (χ2n) is 5.45. The van der Waals surface area contributed by atoms with Crippen LogP contribution >= 0.6 is 0 Å². The maximum Gasteiger partial charge on any atom is 0.334 e. The van der Waals surface area contributed by atoms with Crippen LogP contribution in [0.2, 0.25) is 0 Å². The van der Waals surface area contributed by atoms with Crippen molar-refractivity contribution in [3.63, 3.8) is 0 Å². The molecule has 23 heavy (non-hydrogen) atoms. The summed E-state index contributed by atoms with van der Waals surface area (Å²) in [6, 6.07) is 8.90. The number of morpholine rings is 1. The summed E-state index contributed by atoms with van der Waals surface area (Å²) < 4.78 is 6.97. The predicted molar refractivity (Wildman–Crippen MR) is 81.4 cm³/mol. The van der Waals surface area contributed by atoms with Crippen molar-refractivity contribution in [2.45, 2.75) is 19.1 Å². The number of aliphatic carboxylic acids is 1. The number of para-hydroxylation sites is 1. The number of amides is 1. The van der Waals surface area contributed by atoms with E-state index in [4.69, 9.17) is 9.84 Å². The molecule has 1 aliphatic heterocycles. The Balaban J connectivity index is 1.90. The molecular formula is C16H17N3O4. The van der Waals surface area contributed by atoms with Gasteiger partial charge in [-0.2, -0.15) is 5.10 Å². The molecule has 2 atom stereocenters. The van der Waals surface area contributed by atoms with E-state index in [1.165, 1.54) is 4.90 Å². The van der Waals surface area contributed by atoms with Gasteiger partial charge in [0.1, 0.15) is 0 Å². The molecule has 1 aromatic carbocycles. The van der Waals surface area contributed by atoms with E-state index in [0.29, 0.717) is 17.8 Å². The Morgan fingerprint density at radius 2 is 2.04 bits per heavy atom. The minimum Gasteiger partial charge on any atom is -0.479 e. The van der Waals surface area contributed by atoms with Gasteiger partial charge in [-0.1, -0.05) is 12.1 Å². The van der Waals surface area contributed by atoms with Crippen LogP contribution in [0.1, 0.15) is 17.3 Å². The lowest BCUT2D eigenvalue weighted by molar-refractivity contribution is -0.160. The van der Waals surface area contributed by atoms with E-state index < -0.39 is 12.1 Å². The quantitative estimate of drug-likeness (QED) is 0.919. The summed E-state index contributed by atoms with van der Waals surface area (Å²) in [7, 11) is 0. The summed E-state index contributed by atoms with van der Waals surface area (Å²) in [5, 5.41) is 13.3. The highest BCUT2D eigenvalue weighted by atomic mass is 16.5. The molecule has 2 heterocycles. The summed E-state index contributed by atoms with van der Waals surface area (Å²) in [6.45, 7) is 2.15. The first-order chi connectivity index (χ1) is 11.1. The lowest BCUT2D eigenvalue weighted by Crippen LogP contribution is -2.51. The summed E-state index contributed by atoms with van der Waals surface area (Å²) in [5.41, 5.74) is 1.14. The van der Waals surface area contributed by atoms with Gasteiger partial charge in [-0.3, -0.25) is 4.79 Å². The van der Waals surface area contributed by atoms with Crippen LogP contribution in [0.25, 0.3) is 5.69 Å². The van der Waals surface area contributed by atoms with Crippen molar-refractivity contribution in [2.75, 3.05) is 13.1 Å². The van der Waals surface area contributed by atoms with E-state index in [9.17, 15) is 9.59 Å². The third-order valence-electron chi connectivity index (χ3n) is 3.71. The number of ether oxygens (including phenoxy) is 1. The van der Waals surface area contributed by atoms with Crippen molar-refractivity contribution in [2.24, 2.45) is 0 Å². The zero-order valence-corrected chi connectivity index (χ0v) is 12.6. The monoisotopic (exact) mass is 315 g/mol. The molecule has 0 saturated carbocycles. The van der Waals surface area contributed by atoms with Crippen LogP contribution in [-0.2, 0) is 9.53 Å². The highest BCUT2D eigenvalue weighted by molar-refractivity contribution is 5.98. The molecule has 1 aromatic heterocycles. The summed E-state index contributed by atoms with van der Waals surface area (Å²) >= 11 is 0. The molecule has 3 rings (SSSR count). The topological polar surface area (TPSA) is 84.7 Å². The normalized spacial score (nSPS) is 21.2. The van der Waals surface area contributed by atoms with Crippen LogP contribution < -0.4 is 0 Å². The second-order valence-corrected chi connectivity index (χ2v) is 5.45. The van der Waals surface area contributed by atoms with Crippen molar-refractivity contribution in [3.8, 4) is 5.69 Å². The summed E-state index contributed by atoms with van der Waals surface area (Å²) in [5.74, 6) is -1.28. The fourth-order valence-corrected chi connectivity index (χ4v) is 2.69. The zero-order chi connectivity index (χ0) is 16.4. The molecule has 1 fully saturated rings. The Morgan fingerprint density at radius 1 is 1.26 bits per heavy atom. The molecule has 0 bridgehead atoms. The van der Waals surface area contributed by atoms with Crippen molar-refractivity contribution < 1.29 is 19.4 Å². The van der Waals surface area contributed by atoms with Crippen LogP contribution in [0.15, 0.2) is 42.7 Å². The average molecular weight is 315 g/mol. The maximum absolute atomic E-state index is 12.9. The molecule has 0 radical (unpaired) electrons. The van der Waals surface area contributed by atoms with Crippen LogP contribution in [0.5, 0.6) is 0 Å². The van der Waals surface area contributed by atoms with Crippen molar-refractivity contribution in [1.82, 2.24) is 14.7 Å². The fraction of sp³-hybridized carbons (Fsp3) is 0.312. The number of carboxylic acids is 1. The number of rotatable bonds is 3. The largest absolute Gasteiger partial charge is 0.479 e. The smallest absolute Gasteiger partial charge is 0.334 e. The van der Waals surface area contributed by atoms with Gasteiger partial charge < -0.3 is 14.7 Å². The van der Waals surface area contributed by atoms with Gasteiger partial charge in [-0.15, -0.1) is 0 Å². The third-order valence-corrected chi connectivity index (χ3v) is 3.71. The highest BCUT2D eigenvalue weighted by Gasteiger charge is 2.33. The number of carboxylic acid groups (broad SMARTS) is 1. The number of carbonyl (C=O) groups is 2. The Kier molecular flexibility index (Phi) is 4.12. The SMILES string of the molecule is C[C@@H]1CN(C(=O)c2ccccc2-n2cccn2)CC(C(=O)O)O1. The first-order valence-electron chi connectivity index (χ1n) is 7.33. The Labute approximate surface area is 133 Å². The molecular weight excluding hydrogens is 298 g/mol. The molecule has 2 aromatic rings. The first-order valence-corrected chi connectivity index (χ1v) is 7.33. The molecule has 120 valence electrons. The molecule has 1 saturated heterocycles. The molecule has 7 heteroatoms. The molecule has 1 N–H and O–H groups in total. The number of benzene rings is 1. The zero-order valence-electron chi connectivity index (χ0n) is 12.6. The molecule has 1 amide bonds. The minimum absolute atomic E-state index is 0.0337. The van der Waals surface area contributed by atoms with E-state index in [1.54, 1.807) is 48.3 Å². The number of aromatic nitrogens is 2. The Hall–Kier alpha value is -2.67. The van der Waals surface area contributed by atoms with E-state index in [1.807, 2.05) is 6.07 Å². The van der Waals surface area contributed by atoms with Crippen LogP contribution in [-0.4, -0.2) is 57.0 Å². The first kappa shape index (κ1) is 15.2. The van der Waals surface area contributed by atoms with E-state index in [0.717, 1.165) is 0 Å². The van der Waals surface area contributed by atoms with Gasteiger partial charge in [0.2, 0.25) is 0 Å². The molecule has 1 unspecified atom stereocenters. The second kappa shape index (κ2) is 6.21. The minimum atomic E-state index is -1.06. The van der Waals surface area contributed by atoms with Crippen molar-refractivity contribution in [1.29, 1.82) is 0 Å². The average Bonchev–Trinajstić information content (AvgIpc) is 3.08. The Morgan fingerprint density at radius 3 is 2.74 bits per heavy atom. The summed E-state index contributed by atoms with van der Waals surface area (Å²) in [4.78, 5) is 25.6. The van der Waals surface area contributed by atoms with Crippen LogP contribution in [0, 0.1) is 0 Å². The van der Waals surface area contributed by atoms with Gasteiger partial charge in [-0.25, -0.2) is 9.48 Å². The van der Waals surface area contributed by atoms with E-state index in [-0.39, 0.29) is 18.6 Å². The lowest BCUT2D eigenvalue weighted by atomic mass is 10.1. The van der Waals surface area contributed by atoms with Crippen molar-refractivity contribution >= 4 is 11.9 Å². The third kappa shape index (κ3) is 3.09. The standard InChI is InChI=1S/C16H17N3O4/c1-11-9-18(10-14(23-11)16(21)22)15(20)12-5-2-3-6-13(12)19-8-4-7-17-19/h2-8,11,14H,9-10H2,1H3,(H,21,22)/t11-,14?/m1/s1. The van der Waals surface area contributed by atoms with E-state index >= 15 is 0 Å². The molecule has 0 aliphatic carbocycles. The Bertz CT molecular complexity index is 714. The number of nitrogens with zero attached hydrogens (tertiary/aromatic N) is 3. The van der Waals surface area contributed by atoms with Gasteiger partial charge in [0.15, 0.2) is 6.10 Å². The van der Waals surface area contributed by atoms with Gasteiger partial charge in [0.25, 0.3) is 5.91 Å². The van der Waals surface area contributed by atoms with Gasteiger partial charge in [0.05, 0.1) is 23.9 Å². The number of hydrogen-bond acceptors (Lipinski definition) is 4. The number of carbonyl (C=O) groups excluding carboxylic acids is 1. The molecule has 1 aliphatic rings. The summed E-state index contributed by atoms with van der Waals surface area (Å²) in [6.07, 6.45) is 2.07. The lowest BCUT2D eigenvalue weighted by Gasteiger charge is -2.35. The van der Waals surface area contributed by atoms with Crippen molar-refractivity contribution in [3.05, 3.63) is 48.3 Å². The maximum atomic E-state index is 12.9.